The first kappa shape index (κ1) is 17.7. The van der Waals surface area contributed by atoms with Gasteiger partial charge in [-0.1, -0.05) is 84.9 Å². The van der Waals surface area contributed by atoms with Crippen LogP contribution >= 0.6 is 0 Å². The lowest BCUT2D eigenvalue weighted by Gasteiger charge is -2.09. The Balaban J connectivity index is 1.24. The van der Waals surface area contributed by atoms with E-state index in [-0.39, 0.29) is 5.91 Å². The second-order valence-corrected chi connectivity index (χ2v) is 7.84. The number of fused-ring (bicyclic) bond motifs is 1. The van der Waals surface area contributed by atoms with Crippen LogP contribution in [-0.2, 0) is 11.2 Å². The monoisotopic (exact) mass is 377 g/mol. The van der Waals surface area contributed by atoms with E-state index in [1.807, 2.05) is 36.4 Å². The summed E-state index contributed by atoms with van der Waals surface area (Å²) < 4.78 is 0. The number of carbonyl (C=O) groups is 1. The van der Waals surface area contributed by atoms with Crippen LogP contribution in [0.2, 0.25) is 0 Å². The predicted molar refractivity (Wildman–Crippen MR) is 119 cm³/mol. The number of hydrogen-bond acceptors (Lipinski definition) is 1. The quantitative estimate of drug-likeness (QED) is 0.435. The Morgan fingerprint density at radius 1 is 0.724 bits per heavy atom. The van der Waals surface area contributed by atoms with Gasteiger partial charge in [0.15, 0.2) is 0 Å². The van der Waals surface area contributed by atoms with Crippen LogP contribution in [0.5, 0.6) is 0 Å². The SMILES string of the molecule is O=C(Cc1cccc2ccccc12)Nc1ccc(C2CC2c2ccccc2)cc1. The maximum absolute atomic E-state index is 12.6. The summed E-state index contributed by atoms with van der Waals surface area (Å²) in [6.07, 6.45) is 1.58. The second-order valence-electron chi connectivity index (χ2n) is 7.84. The first-order chi connectivity index (χ1) is 14.3. The van der Waals surface area contributed by atoms with Crippen molar-refractivity contribution in [1.82, 2.24) is 0 Å². The fourth-order valence-corrected chi connectivity index (χ4v) is 4.27. The molecule has 1 aliphatic carbocycles. The van der Waals surface area contributed by atoms with Crippen LogP contribution < -0.4 is 5.32 Å². The van der Waals surface area contributed by atoms with E-state index in [0.29, 0.717) is 18.3 Å². The van der Waals surface area contributed by atoms with Gasteiger partial charge < -0.3 is 5.32 Å². The summed E-state index contributed by atoms with van der Waals surface area (Å²) in [4.78, 5) is 12.6. The van der Waals surface area contributed by atoms with Gasteiger partial charge in [-0.25, -0.2) is 0 Å². The third kappa shape index (κ3) is 3.79. The van der Waals surface area contributed by atoms with E-state index < -0.39 is 0 Å². The standard InChI is InChI=1S/C27H23NO/c29-27(17-22-11-6-10-19-9-4-5-12-24(19)22)28-23-15-13-21(14-16-23)26-18-25(26)20-7-2-1-3-8-20/h1-16,25-26H,17-18H2,(H,28,29). The van der Waals surface area contributed by atoms with Crippen molar-refractivity contribution in [3.05, 3.63) is 114 Å². The number of carbonyl (C=O) groups excluding carboxylic acids is 1. The molecule has 0 heterocycles. The molecule has 4 aromatic rings. The minimum absolute atomic E-state index is 0.0164. The molecule has 1 aliphatic rings. The molecular weight excluding hydrogens is 354 g/mol. The molecule has 0 spiro atoms. The molecule has 5 rings (SSSR count). The summed E-state index contributed by atoms with van der Waals surface area (Å²) in [5.41, 5.74) is 4.69. The van der Waals surface area contributed by atoms with Crippen LogP contribution in [0.15, 0.2) is 97.1 Å². The zero-order valence-electron chi connectivity index (χ0n) is 16.2. The van der Waals surface area contributed by atoms with Crippen molar-refractivity contribution in [3.63, 3.8) is 0 Å². The molecule has 4 aromatic carbocycles. The fourth-order valence-electron chi connectivity index (χ4n) is 4.27. The van der Waals surface area contributed by atoms with Crippen molar-refractivity contribution in [2.75, 3.05) is 5.32 Å². The van der Waals surface area contributed by atoms with E-state index in [1.54, 1.807) is 0 Å². The van der Waals surface area contributed by atoms with Gasteiger partial charge in [-0.3, -0.25) is 4.79 Å². The average Bonchev–Trinajstić information content (AvgIpc) is 3.56. The van der Waals surface area contributed by atoms with E-state index in [1.165, 1.54) is 22.9 Å². The molecule has 1 fully saturated rings. The Kier molecular flexibility index (Phi) is 4.61. The fraction of sp³-hybridized carbons (Fsp3) is 0.148. The summed E-state index contributed by atoms with van der Waals surface area (Å²) in [5, 5.41) is 5.35. The summed E-state index contributed by atoms with van der Waals surface area (Å²) in [6, 6.07) is 33.4. The maximum atomic E-state index is 12.6. The van der Waals surface area contributed by atoms with E-state index in [0.717, 1.165) is 16.6 Å². The Bertz CT molecular complexity index is 1140. The highest BCUT2D eigenvalue weighted by Crippen LogP contribution is 2.54. The van der Waals surface area contributed by atoms with Gasteiger partial charge >= 0.3 is 0 Å². The van der Waals surface area contributed by atoms with Crippen LogP contribution in [0, 0.1) is 0 Å². The van der Waals surface area contributed by atoms with Crippen LogP contribution in [0.1, 0.15) is 34.9 Å². The van der Waals surface area contributed by atoms with Crippen molar-refractivity contribution in [3.8, 4) is 0 Å². The number of hydrogen-bond donors (Lipinski definition) is 1. The third-order valence-electron chi connectivity index (χ3n) is 5.87. The molecule has 0 aliphatic heterocycles. The summed E-state index contributed by atoms with van der Waals surface area (Å²) in [6.45, 7) is 0. The highest BCUT2D eigenvalue weighted by molar-refractivity contribution is 5.96. The van der Waals surface area contributed by atoms with Crippen LogP contribution in [0.25, 0.3) is 10.8 Å². The maximum Gasteiger partial charge on any atom is 0.228 e. The number of anilines is 1. The minimum atomic E-state index is 0.0164. The van der Waals surface area contributed by atoms with Crippen molar-refractivity contribution < 1.29 is 4.79 Å². The molecule has 0 bridgehead atoms. The predicted octanol–water partition coefficient (Wildman–Crippen LogP) is 6.29. The molecule has 2 nitrogen and oxygen atoms in total. The highest BCUT2D eigenvalue weighted by Gasteiger charge is 2.39. The number of nitrogens with one attached hydrogen (secondary N) is 1. The second kappa shape index (κ2) is 7.56. The van der Waals surface area contributed by atoms with Gasteiger partial charge in [0.1, 0.15) is 0 Å². The molecule has 0 radical (unpaired) electrons. The Morgan fingerprint density at radius 3 is 2.17 bits per heavy atom. The Labute approximate surface area is 171 Å². The van der Waals surface area contributed by atoms with E-state index >= 15 is 0 Å². The lowest BCUT2D eigenvalue weighted by atomic mass is 10.0. The summed E-state index contributed by atoms with van der Waals surface area (Å²) in [5.74, 6) is 1.24. The van der Waals surface area contributed by atoms with Crippen molar-refractivity contribution in [1.29, 1.82) is 0 Å². The van der Waals surface area contributed by atoms with Gasteiger partial charge in [0, 0.05) is 5.69 Å². The van der Waals surface area contributed by atoms with Crippen LogP contribution in [0.3, 0.4) is 0 Å². The van der Waals surface area contributed by atoms with Gasteiger partial charge in [0.05, 0.1) is 6.42 Å². The van der Waals surface area contributed by atoms with Crippen molar-refractivity contribution >= 4 is 22.4 Å². The highest BCUT2D eigenvalue weighted by atomic mass is 16.1. The summed E-state index contributed by atoms with van der Waals surface area (Å²) in [7, 11) is 0. The molecule has 29 heavy (non-hydrogen) atoms. The Hall–Kier alpha value is -3.39. The van der Waals surface area contributed by atoms with Crippen molar-refractivity contribution in [2.24, 2.45) is 0 Å². The van der Waals surface area contributed by atoms with Gasteiger partial charge in [0.25, 0.3) is 0 Å². The molecule has 0 saturated heterocycles. The molecule has 2 atom stereocenters. The normalized spacial score (nSPS) is 17.8. The lowest BCUT2D eigenvalue weighted by Crippen LogP contribution is -2.14. The molecule has 2 unspecified atom stereocenters. The lowest BCUT2D eigenvalue weighted by molar-refractivity contribution is -0.115. The van der Waals surface area contributed by atoms with Gasteiger partial charge in [-0.05, 0) is 57.9 Å². The summed E-state index contributed by atoms with van der Waals surface area (Å²) >= 11 is 0. The largest absolute Gasteiger partial charge is 0.326 e. The average molecular weight is 377 g/mol. The molecule has 0 aromatic heterocycles. The molecule has 1 N–H and O–H groups in total. The third-order valence-corrected chi connectivity index (χ3v) is 5.87. The molecular formula is C27H23NO. The number of rotatable bonds is 5. The van der Waals surface area contributed by atoms with Crippen molar-refractivity contribution in [2.45, 2.75) is 24.7 Å². The van der Waals surface area contributed by atoms with Crippen LogP contribution in [0.4, 0.5) is 5.69 Å². The zero-order chi connectivity index (χ0) is 19.6. The smallest absolute Gasteiger partial charge is 0.228 e. The van der Waals surface area contributed by atoms with Gasteiger partial charge in [-0.2, -0.15) is 0 Å². The first-order valence-corrected chi connectivity index (χ1v) is 10.2. The molecule has 2 heteroatoms. The topological polar surface area (TPSA) is 29.1 Å². The van der Waals surface area contributed by atoms with E-state index in [4.69, 9.17) is 0 Å². The van der Waals surface area contributed by atoms with Gasteiger partial charge in [-0.15, -0.1) is 0 Å². The number of benzene rings is 4. The van der Waals surface area contributed by atoms with Crippen LogP contribution in [-0.4, -0.2) is 5.91 Å². The van der Waals surface area contributed by atoms with Gasteiger partial charge in [0.2, 0.25) is 5.91 Å². The van der Waals surface area contributed by atoms with E-state index in [2.05, 4.69) is 66.0 Å². The molecule has 1 amide bonds. The minimum Gasteiger partial charge on any atom is -0.326 e. The number of amides is 1. The first-order valence-electron chi connectivity index (χ1n) is 10.2. The molecule has 142 valence electrons. The zero-order valence-corrected chi connectivity index (χ0v) is 16.2. The van der Waals surface area contributed by atoms with E-state index in [9.17, 15) is 4.79 Å². The Morgan fingerprint density at radius 2 is 1.38 bits per heavy atom. The molecule has 1 saturated carbocycles.